The normalized spacial score (nSPS) is 28.3. The summed E-state index contributed by atoms with van der Waals surface area (Å²) < 4.78 is 0. The lowest BCUT2D eigenvalue weighted by Crippen LogP contribution is -2.52. The number of hydrogen-bond acceptors (Lipinski definition) is 4. The van der Waals surface area contributed by atoms with Crippen LogP contribution in [0.3, 0.4) is 0 Å². The second-order valence-electron chi connectivity index (χ2n) is 8.04. The Balaban J connectivity index is 1.49. The molecule has 6 nitrogen and oxygen atoms in total. The Morgan fingerprint density at radius 2 is 1.96 bits per heavy atom. The van der Waals surface area contributed by atoms with Crippen LogP contribution in [0.5, 0.6) is 0 Å². The molecule has 2 heterocycles. The summed E-state index contributed by atoms with van der Waals surface area (Å²) in [5.74, 6) is -0.0806. The maximum atomic E-state index is 12.8. The molecule has 1 aliphatic carbocycles. The number of amides is 3. The highest BCUT2D eigenvalue weighted by molar-refractivity contribution is 6.05. The minimum absolute atomic E-state index is 0.100. The van der Waals surface area contributed by atoms with Gasteiger partial charge in [-0.25, -0.2) is 0 Å². The molecule has 2 fully saturated rings. The van der Waals surface area contributed by atoms with Gasteiger partial charge in [-0.1, -0.05) is 25.0 Å². The number of rotatable bonds is 4. The van der Waals surface area contributed by atoms with Crippen molar-refractivity contribution in [2.75, 3.05) is 7.05 Å². The molecule has 1 aromatic rings. The highest BCUT2D eigenvalue weighted by atomic mass is 16.2. The Bertz CT molecular complexity index is 776. The summed E-state index contributed by atoms with van der Waals surface area (Å²) in [6.07, 6.45) is 6.76. The van der Waals surface area contributed by atoms with Crippen molar-refractivity contribution in [1.29, 1.82) is 0 Å². The molecular weight excluding hydrogens is 342 g/mol. The molecule has 1 saturated carbocycles. The molecule has 6 heteroatoms. The topological polar surface area (TPSA) is 78.5 Å². The van der Waals surface area contributed by atoms with Crippen LogP contribution in [0.25, 0.3) is 0 Å². The molecule has 0 radical (unpaired) electrons. The first-order chi connectivity index (χ1) is 13.1. The molecule has 3 amide bonds. The van der Waals surface area contributed by atoms with Crippen LogP contribution < -0.4 is 10.6 Å². The average molecular weight is 369 g/mol. The van der Waals surface area contributed by atoms with E-state index in [1.54, 1.807) is 4.90 Å². The second-order valence-corrected chi connectivity index (χ2v) is 8.04. The van der Waals surface area contributed by atoms with Crippen molar-refractivity contribution in [2.45, 2.75) is 63.6 Å². The summed E-state index contributed by atoms with van der Waals surface area (Å²) in [6.45, 7) is 0.453. The van der Waals surface area contributed by atoms with Gasteiger partial charge in [0, 0.05) is 24.6 Å². The number of piperidine rings is 1. The van der Waals surface area contributed by atoms with Crippen LogP contribution in [0, 0.1) is 5.92 Å². The van der Waals surface area contributed by atoms with Gasteiger partial charge in [-0.3, -0.25) is 19.7 Å². The van der Waals surface area contributed by atoms with Crippen molar-refractivity contribution >= 4 is 17.7 Å². The van der Waals surface area contributed by atoms with Gasteiger partial charge in [-0.15, -0.1) is 0 Å². The standard InChI is InChI=1S/C21H27N3O3/c1-22-17-5-3-2-4-14(17)10-13-6-7-16-15(11-13)12-24(21(16)27)18-8-9-19(25)23-20(18)26/h6-7,11,14,17-18,22H,2-5,8-10,12H2,1H3,(H,23,25,26)/t14-,17+,18?/m1/s1. The third-order valence-electron chi connectivity index (χ3n) is 6.37. The van der Waals surface area contributed by atoms with Crippen molar-refractivity contribution in [3.63, 3.8) is 0 Å². The van der Waals surface area contributed by atoms with E-state index >= 15 is 0 Å². The van der Waals surface area contributed by atoms with Crippen molar-refractivity contribution in [1.82, 2.24) is 15.5 Å². The molecule has 144 valence electrons. The minimum atomic E-state index is -0.543. The lowest BCUT2D eigenvalue weighted by atomic mass is 9.80. The summed E-state index contributed by atoms with van der Waals surface area (Å²) >= 11 is 0. The van der Waals surface area contributed by atoms with Gasteiger partial charge in [0.1, 0.15) is 6.04 Å². The lowest BCUT2D eigenvalue weighted by Gasteiger charge is -2.31. The van der Waals surface area contributed by atoms with Gasteiger partial charge in [0.15, 0.2) is 0 Å². The Hall–Kier alpha value is -2.21. The van der Waals surface area contributed by atoms with Crippen LogP contribution >= 0.6 is 0 Å². The van der Waals surface area contributed by atoms with E-state index in [-0.39, 0.29) is 24.1 Å². The second kappa shape index (κ2) is 7.43. The van der Waals surface area contributed by atoms with E-state index in [0.717, 1.165) is 12.0 Å². The number of nitrogens with one attached hydrogen (secondary N) is 2. The number of nitrogens with zero attached hydrogens (tertiary/aromatic N) is 1. The molecule has 0 bridgehead atoms. The zero-order valence-electron chi connectivity index (χ0n) is 15.8. The number of hydrogen-bond donors (Lipinski definition) is 2. The molecule has 1 aromatic carbocycles. The monoisotopic (exact) mass is 369 g/mol. The largest absolute Gasteiger partial charge is 0.322 e. The van der Waals surface area contributed by atoms with E-state index in [9.17, 15) is 14.4 Å². The Labute approximate surface area is 159 Å². The summed E-state index contributed by atoms with van der Waals surface area (Å²) in [7, 11) is 2.04. The highest BCUT2D eigenvalue weighted by Gasteiger charge is 2.39. The molecule has 2 N–H and O–H groups in total. The van der Waals surface area contributed by atoms with E-state index in [0.29, 0.717) is 30.5 Å². The fourth-order valence-electron chi connectivity index (χ4n) is 4.89. The van der Waals surface area contributed by atoms with Crippen molar-refractivity contribution in [2.24, 2.45) is 5.92 Å². The van der Waals surface area contributed by atoms with E-state index in [1.165, 1.54) is 31.2 Å². The fourth-order valence-corrected chi connectivity index (χ4v) is 4.89. The molecule has 3 aliphatic rings. The Morgan fingerprint density at radius 3 is 2.74 bits per heavy atom. The van der Waals surface area contributed by atoms with Crippen LogP contribution in [0.4, 0.5) is 0 Å². The number of benzene rings is 1. The van der Waals surface area contributed by atoms with Crippen LogP contribution in [0.2, 0.25) is 0 Å². The van der Waals surface area contributed by atoms with Crippen LogP contribution in [-0.4, -0.2) is 41.8 Å². The van der Waals surface area contributed by atoms with Gasteiger partial charge in [0.25, 0.3) is 5.91 Å². The predicted molar refractivity (Wildman–Crippen MR) is 101 cm³/mol. The number of carbonyl (C=O) groups excluding carboxylic acids is 3. The van der Waals surface area contributed by atoms with Crippen molar-refractivity contribution in [3.05, 3.63) is 34.9 Å². The Kier molecular flexibility index (Phi) is 5.00. The first-order valence-electron chi connectivity index (χ1n) is 10.0. The van der Waals surface area contributed by atoms with Crippen LogP contribution in [-0.2, 0) is 22.6 Å². The van der Waals surface area contributed by atoms with Gasteiger partial charge in [-0.05, 0) is 55.8 Å². The van der Waals surface area contributed by atoms with E-state index in [1.807, 2.05) is 13.1 Å². The molecule has 0 spiro atoms. The minimum Gasteiger partial charge on any atom is -0.322 e. The first kappa shape index (κ1) is 18.2. The number of carbonyl (C=O) groups is 3. The molecule has 4 rings (SSSR count). The van der Waals surface area contributed by atoms with Crippen LogP contribution in [0.15, 0.2) is 18.2 Å². The molecule has 1 saturated heterocycles. The predicted octanol–water partition coefficient (Wildman–Crippen LogP) is 1.77. The molecule has 3 atom stereocenters. The van der Waals surface area contributed by atoms with Crippen LogP contribution in [0.1, 0.15) is 60.0 Å². The van der Waals surface area contributed by atoms with Crippen molar-refractivity contribution in [3.8, 4) is 0 Å². The lowest BCUT2D eigenvalue weighted by molar-refractivity contribution is -0.136. The summed E-state index contributed by atoms with van der Waals surface area (Å²) in [6, 6.07) is 6.13. The fraction of sp³-hybridized carbons (Fsp3) is 0.571. The molecule has 0 aromatic heterocycles. The summed E-state index contributed by atoms with van der Waals surface area (Å²) in [5, 5.41) is 5.81. The first-order valence-corrected chi connectivity index (χ1v) is 10.0. The SMILES string of the molecule is CN[C@H]1CCCC[C@@H]1Cc1ccc2c(c1)CN(C1CCC(=O)NC1=O)C2=O. The zero-order valence-corrected chi connectivity index (χ0v) is 15.8. The smallest absolute Gasteiger partial charge is 0.255 e. The number of fused-ring (bicyclic) bond motifs is 1. The summed E-state index contributed by atoms with van der Waals surface area (Å²) in [4.78, 5) is 37.9. The van der Waals surface area contributed by atoms with E-state index in [2.05, 4.69) is 22.8 Å². The number of imide groups is 1. The molecular formula is C21H27N3O3. The van der Waals surface area contributed by atoms with Gasteiger partial charge >= 0.3 is 0 Å². The zero-order chi connectivity index (χ0) is 19.0. The van der Waals surface area contributed by atoms with Gasteiger partial charge < -0.3 is 10.2 Å². The average Bonchev–Trinajstić information content (AvgIpc) is 2.98. The third-order valence-corrected chi connectivity index (χ3v) is 6.37. The van der Waals surface area contributed by atoms with E-state index in [4.69, 9.17) is 0 Å². The van der Waals surface area contributed by atoms with E-state index < -0.39 is 6.04 Å². The maximum absolute atomic E-state index is 12.8. The van der Waals surface area contributed by atoms with Gasteiger partial charge in [0.2, 0.25) is 11.8 Å². The Morgan fingerprint density at radius 1 is 1.15 bits per heavy atom. The summed E-state index contributed by atoms with van der Waals surface area (Å²) in [5.41, 5.74) is 2.95. The maximum Gasteiger partial charge on any atom is 0.255 e. The molecule has 1 unspecified atom stereocenters. The van der Waals surface area contributed by atoms with Crippen molar-refractivity contribution < 1.29 is 14.4 Å². The molecule has 27 heavy (non-hydrogen) atoms. The van der Waals surface area contributed by atoms with Gasteiger partial charge in [-0.2, -0.15) is 0 Å². The third kappa shape index (κ3) is 3.50. The quantitative estimate of drug-likeness (QED) is 0.793. The highest BCUT2D eigenvalue weighted by Crippen LogP contribution is 2.31. The molecule has 2 aliphatic heterocycles. The van der Waals surface area contributed by atoms with Gasteiger partial charge in [0.05, 0.1) is 0 Å².